The second-order valence-corrected chi connectivity index (χ2v) is 2.42. The minimum absolute atomic E-state index is 1.75. The zero-order chi connectivity index (χ0) is 11.2. The highest BCUT2D eigenvalue weighted by atomic mass is 32.3. The minimum Gasteiger partial charge on any atom is -0.479 e. The number of aliphatic hydroxyl groups is 1. The van der Waals surface area contributed by atoms with Crippen molar-refractivity contribution in [3.63, 3.8) is 0 Å². The molecule has 0 unspecified atom stereocenters. The van der Waals surface area contributed by atoms with Gasteiger partial charge < -0.3 is 15.3 Å². The lowest BCUT2D eigenvalue weighted by Crippen LogP contribution is -2.28. The standard InChI is InChI=1S/C3H4O5.H2O4S/c4-1(2(5)6)3(7)8;1-5(2,3)4/h1,4H,(H,5,6)(H,7,8);(H2,1,2,3,4). The van der Waals surface area contributed by atoms with E-state index in [0.29, 0.717) is 0 Å². The number of aliphatic hydroxyl groups excluding tert-OH is 1. The Hall–Kier alpha value is -1.23. The zero-order valence-corrected chi connectivity index (χ0v) is 6.67. The molecule has 0 aromatic rings. The molecule has 0 aliphatic rings. The van der Waals surface area contributed by atoms with E-state index < -0.39 is 28.4 Å². The van der Waals surface area contributed by atoms with E-state index >= 15 is 0 Å². The maximum absolute atomic E-state index is 9.51. The zero-order valence-electron chi connectivity index (χ0n) is 5.85. The van der Waals surface area contributed by atoms with Crippen LogP contribution in [0, 0.1) is 0 Å². The number of aliphatic carboxylic acids is 2. The lowest BCUT2D eigenvalue weighted by atomic mass is 10.4. The van der Waals surface area contributed by atoms with Gasteiger partial charge >= 0.3 is 22.3 Å². The van der Waals surface area contributed by atoms with Crippen LogP contribution in [0.5, 0.6) is 0 Å². The summed E-state index contributed by atoms with van der Waals surface area (Å²) in [4.78, 5) is 19.0. The highest BCUT2D eigenvalue weighted by Gasteiger charge is 2.20. The highest BCUT2D eigenvalue weighted by molar-refractivity contribution is 7.79. The van der Waals surface area contributed by atoms with Gasteiger partial charge in [0.2, 0.25) is 6.10 Å². The summed E-state index contributed by atoms with van der Waals surface area (Å²) < 4.78 is 31.6. The van der Waals surface area contributed by atoms with Gasteiger partial charge in [-0.15, -0.1) is 0 Å². The Morgan fingerprint density at radius 2 is 1.15 bits per heavy atom. The number of hydrogen-bond donors (Lipinski definition) is 5. The van der Waals surface area contributed by atoms with Crippen LogP contribution in [0.3, 0.4) is 0 Å². The third-order valence-corrected chi connectivity index (χ3v) is 0.468. The van der Waals surface area contributed by atoms with Crippen molar-refractivity contribution in [2.75, 3.05) is 0 Å². The molecule has 0 radical (unpaired) electrons. The molecule has 0 fully saturated rings. The van der Waals surface area contributed by atoms with Crippen molar-refractivity contribution in [3.05, 3.63) is 0 Å². The molecule has 9 nitrogen and oxygen atoms in total. The largest absolute Gasteiger partial charge is 0.479 e. The van der Waals surface area contributed by atoms with Crippen molar-refractivity contribution in [1.29, 1.82) is 0 Å². The van der Waals surface area contributed by atoms with Crippen LogP contribution < -0.4 is 0 Å². The Bertz CT molecular complexity index is 253. The van der Waals surface area contributed by atoms with Crippen LogP contribution in [0.1, 0.15) is 0 Å². The summed E-state index contributed by atoms with van der Waals surface area (Å²) in [5.41, 5.74) is 0. The molecule has 0 saturated carbocycles. The molecule has 0 amide bonds. The average Bonchev–Trinajstić information content (AvgIpc) is 1.81. The van der Waals surface area contributed by atoms with Crippen molar-refractivity contribution < 1.29 is 42.4 Å². The van der Waals surface area contributed by atoms with Crippen molar-refractivity contribution in [1.82, 2.24) is 0 Å². The fraction of sp³-hybridized carbons (Fsp3) is 0.333. The van der Waals surface area contributed by atoms with Crippen molar-refractivity contribution in [3.8, 4) is 0 Å². The molecule has 0 saturated heterocycles. The number of carbonyl (C=O) groups is 2. The van der Waals surface area contributed by atoms with Crippen molar-refractivity contribution >= 4 is 22.3 Å². The summed E-state index contributed by atoms with van der Waals surface area (Å²) in [5, 5.41) is 23.4. The summed E-state index contributed by atoms with van der Waals surface area (Å²) >= 11 is 0. The molecule has 0 aromatic carbocycles. The second-order valence-electron chi connectivity index (χ2n) is 1.53. The first kappa shape index (κ1) is 14.3. The Morgan fingerprint density at radius 3 is 1.15 bits per heavy atom. The van der Waals surface area contributed by atoms with E-state index in [1.165, 1.54) is 0 Å². The number of carboxylic acid groups (broad SMARTS) is 2. The Balaban J connectivity index is 0. The Labute approximate surface area is 71.8 Å². The van der Waals surface area contributed by atoms with E-state index in [1.54, 1.807) is 0 Å². The first-order valence-corrected chi connectivity index (χ1v) is 3.79. The summed E-state index contributed by atoms with van der Waals surface area (Å²) in [6.45, 7) is 0. The fourth-order valence-corrected chi connectivity index (χ4v) is 0.106. The van der Waals surface area contributed by atoms with Crippen LogP contribution in [0.25, 0.3) is 0 Å². The van der Waals surface area contributed by atoms with Gasteiger partial charge in [0, 0.05) is 0 Å². The maximum atomic E-state index is 9.51. The van der Waals surface area contributed by atoms with Gasteiger partial charge in [-0.05, 0) is 0 Å². The molecule has 0 rings (SSSR count). The van der Waals surface area contributed by atoms with E-state index in [-0.39, 0.29) is 0 Å². The van der Waals surface area contributed by atoms with Crippen LogP contribution in [-0.2, 0) is 20.0 Å². The summed E-state index contributed by atoms with van der Waals surface area (Å²) in [5.74, 6) is -3.50. The van der Waals surface area contributed by atoms with Crippen molar-refractivity contribution in [2.24, 2.45) is 0 Å². The fourth-order valence-electron chi connectivity index (χ4n) is 0.106. The second kappa shape index (κ2) is 5.42. The first-order chi connectivity index (χ1) is 5.55. The van der Waals surface area contributed by atoms with Crippen LogP contribution in [-0.4, -0.2) is 50.9 Å². The summed E-state index contributed by atoms with van der Waals surface area (Å²) in [7, 11) is -4.67. The van der Waals surface area contributed by atoms with Gasteiger partial charge in [-0.25, -0.2) is 9.59 Å². The number of carboxylic acids is 2. The Morgan fingerprint density at radius 1 is 1.00 bits per heavy atom. The van der Waals surface area contributed by atoms with Gasteiger partial charge in [-0.3, -0.25) is 9.11 Å². The average molecular weight is 218 g/mol. The monoisotopic (exact) mass is 218 g/mol. The topological polar surface area (TPSA) is 169 Å². The molecule has 13 heavy (non-hydrogen) atoms. The van der Waals surface area contributed by atoms with Gasteiger partial charge in [0.1, 0.15) is 0 Å². The highest BCUT2D eigenvalue weighted by Crippen LogP contribution is 1.79. The van der Waals surface area contributed by atoms with E-state index in [4.69, 9.17) is 32.8 Å². The number of rotatable bonds is 2. The maximum Gasteiger partial charge on any atom is 0.394 e. The summed E-state index contributed by atoms with van der Waals surface area (Å²) in [6, 6.07) is 0. The van der Waals surface area contributed by atoms with E-state index in [9.17, 15) is 9.59 Å². The number of hydrogen-bond acceptors (Lipinski definition) is 5. The van der Waals surface area contributed by atoms with E-state index in [2.05, 4.69) is 0 Å². The van der Waals surface area contributed by atoms with Gasteiger partial charge in [0.15, 0.2) is 0 Å². The first-order valence-electron chi connectivity index (χ1n) is 2.39. The third-order valence-electron chi connectivity index (χ3n) is 0.468. The lowest BCUT2D eigenvalue weighted by Gasteiger charge is -1.93. The molecule has 0 aliphatic heterocycles. The molecule has 78 valence electrons. The van der Waals surface area contributed by atoms with Crippen LogP contribution >= 0.6 is 0 Å². The molecule has 0 atom stereocenters. The van der Waals surface area contributed by atoms with Crippen LogP contribution in [0.4, 0.5) is 0 Å². The molecular formula is C3H6O9S. The molecule has 0 spiro atoms. The SMILES string of the molecule is O=C(O)C(O)C(=O)O.O=S(=O)(O)O. The molecular weight excluding hydrogens is 212 g/mol. The minimum atomic E-state index is -4.67. The van der Waals surface area contributed by atoms with Gasteiger partial charge in [0.25, 0.3) is 0 Å². The molecule has 0 bridgehead atoms. The third kappa shape index (κ3) is 18.1. The van der Waals surface area contributed by atoms with Crippen molar-refractivity contribution in [2.45, 2.75) is 6.10 Å². The predicted octanol–water partition coefficient (Wildman–Crippen LogP) is -2.14. The van der Waals surface area contributed by atoms with Gasteiger partial charge in [-0.2, -0.15) is 8.42 Å². The Kier molecular flexibility index (Phi) is 5.97. The van der Waals surface area contributed by atoms with Gasteiger partial charge in [0.05, 0.1) is 0 Å². The summed E-state index contributed by atoms with van der Waals surface area (Å²) in [6.07, 6.45) is -2.30. The van der Waals surface area contributed by atoms with E-state index in [0.717, 1.165) is 0 Å². The lowest BCUT2D eigenvalue weighted by molar-refractivity contribution is -0.161. The molecule has 0 aliphatic carbocycles. The molecule has 5 N–H and O–H groups in total. The molecule has 0 heterocycles. The molecule has 0 aromatic heterocycles. The normalized spacial score (nSPS) is 10.2. The molecule has 10 heteroatoms. The smallest absolute Gasteiger partial charge is 0.394 e. The van der Waals surface area contributed by atoms with E-state index in [1.807, 2.05) is 0 Å². The van der Waals surface area contributed by atoms with Crippen LogP contribution in [0.2, 0.25) is 0 Å². The van der Waals surface area contributed by atoms with Gasteiger partial charge in [-0.1, -0.05) is 0 Å². The predicted molar refractivity (Wildman–Crippen MR) is 35.5 cm³/mol. The quantitative estimate of drug-likeness (QED) is 0.256. The van der Waals surface area contributed by atoms with Crippen LogP contribution in [0.15, 0.2) is 0 Å².